The van der Waals surface area contributed by atoms with Gasteiger partial charge < -0.3 is 14.2 Å². The first-order chi connectivity index (χ1) is 11.7. The number of likely N-dealkylation sites (tertiary alicyclic amines) is 1. The molecule has 1 fully saturated rings. The molecule has 1 saturated heterocycles. The van der Waals surface area contributed by atoms with Crippen molar-refractivity contribution in [3.8, 4) is 0 Å². The van der Waals surface area contributed by atoms with Crippen molar-refractivity contribution in [3.05, 3.63) is 48.4 Å². The van der Waals surface area contributed by atoms with Crippen molar-refractivity contribution in [3.63, 3.8) is 0 Å². The maximum atomic E-state index is 12.7. The van der Waals surface area contributed by atoms with E-state index in [0.717, 1.165) is 25.9 Å². The van der Waals surface area contributed by atoms with Crippen molar-refractivity contribution in [1.29, 1.82) is 0 Å². The zero-order valence-corrected chi connectivity index (χ0v) is 13.4. The largest absolute Gasteiger partial charge is 0.467 e. The highest BCUT2D eigenvalue weighted by Gasteiger charge is 2.22. The van der Waals surface area contributed by atoms with Crippen LogP contribution in [-0.2, 0) is 11.3 Å². The van der Waals surface area contributed by atoms with Gasteiger partial charge in [0, 0.05) is 38.4 Å². The highest BCUT2D eigenvalue weighted by atomic mass is 16.3. The Morgan fingerprint density at radius 3 is 2.75 bits per heavy atom. The normalized spacial score (nSPS) is 13.9. The average molecular weight is 328 g/mol. The second-order valence-electron chi connectivity index (χ2n) is 5.73. The predicted molar refractivity (Wildman–Crippen MR) is 85.9 cm³/mol. The first-order valence-electron chi connectivity index (χ1n) is 8.09. The molecule has 0 aliphatic carbocycles. The van der Waals surface area contributed by atoms with Crippen LogP contribution in [0.5, 0.6) is 0 Å². The van der Waals surface area contributed by atoms with Gasteiger partial charge in [0.05, 0.1) is 19.0 Å². The topological polar surface area (TPSA) is 79.5 Å². The minimum Gasteiger partial charge on any atom is -0.467 e. The lowest BCUT2D eigenvalue weighted by Crippen LogP contribution is -2.36. The molecule has 0 saturated carbocycles. The Balaban J connectivity index is 1.67. The lowest BCUT2D eigenvalue weighted by Gasteiger charge is -2.22. The van der Waals surface area contributed by atoms with Gasteiger partial charge in [0.15, 0.2) is 0 Å². The monoisotopic (exact) mass is 328 g/mol. The van der Waals surface area contributed by atoms with Gasteiger partial charge in [-0.05, 0) is 25.0 Å². The fourth-order valence-electron chi connectivity index (χ4n) is 2.77. The van der Waals surface area contributed by atoms with Gasteiger partial charge in [-0.15, -0.1) is 0 Å². The maximum Gasteiger partial charge on any atom is 0.274 e. The van der Waals surface area contributed by atoms with E-state index < -0.39 is 0 Å². The third-order valence-electron chi connectivity index (χ3n) is 4.05. The van der Waals surface area contributed by atoms with Crippen LogP contribution < -0.4 is 0 Å². The molecule has 0 aromatic carbocycles. The first-order valence-corrected chi connectivity index (χ1v) is 8.09. The Kier molecular flexibility index (Phi) is 5.20. The van der Waals surface area contributed by atoms with E-state index in [-0.39, 0.29) is 17.5 Å². The summed E-state index contributed by atoms with van der Waals surface area (Å²) >= 11 is 0. The molecular formula is C17H20N4O3. The molecule has 2 amide bonds. The van der Waals surface area contributed by atoms with Crippen LogP contribution in [-0.4, -0.2) is 51.2 Å². The van der Waals surface area contributed by atoms with Crippen molar-refractivity contribution in [1.82, 2.24) is 19.8 Å². The third kappa shape index (κ3) is 3.98. The van der Waals surface area contributed by atoms with Crippen LogP contribution in [0.15, 0.2) is 41.4 Å². The summed E-state index contributed by atoms with van der Waals surface area (Å²) in [7, 11) is 0. The minimum atomic E-state index is -0.256. The van der Waals surface area contributed by atoms with E-state index in [1.807, 2.05) is 4.90 Å². The smallest absolute Gasteiger partial charge is 0.274 e. The molecule has 0 N–H and O–H groups in total. The number of aromatic nitrogens is 2. The predicted octanol–water partition coefficient (Wildman–Crippen LogP) is 1.72. The molecule has 0 bridgehead atoms. The Morgan fingerprint density at radius 2 is 2.08 bits per heavy atom. The molecule has 3 rings (SSSR count). The van der Waals surface area contributed by atoms with Crippen molar-refractivity contribution >= 4 is 11.8 Å². The molecule has 2 aromatic heterocycles. The molecule has 7 nitrogen and oxygen atoms in total. The van der Waals surface area contributed by atoms with Crippen LogP contribution in [0.25, 0.3) is 0 Å². The fraction of sp³-hybridized carbons (Fsp3) is 0.412. The molecule has 3 heterocycles. The van der Waals surface area contributed by atoms with Crippen LogP contribution in [0.1, 0.15) is 35.5 Å². The van der Waals surface area contributed by atoms with E-state index in [2.05, 4.69) is 9.97 Å². The molecule has 1 aliphatic heterocycles. The number of amides is 2. The summed E-state index contributed by atoms with van der Waals surface area (Å²) in [5.74, 6) is 0.499. The van der Waals surface area contributed by atoms with E-state index in [9.17, 15) is 9.59 Å². The van der Waals surface area contributed by atoms with Gasteiger partial charge in [-0.25, -0.2) is 4.98 Å². The molecule has 7 heteroatoms. The molecule has 24 heavy (non-hydrogen) atoms. The number of carbonyl (C=O) groups excluding carboxylic acids is 2. The second kappa shape index (κ2) is 7.72. The van der Waals surface area contributed by atoms with Crippen LogP contribution in [0.2, 0.25) is 0 Å². The molecule has 1 aliphatic rings. The molecule has 0 spiro atoms. The average Bonchev–Trinajstić information content (AvgIpc) is 3.32. The number of carbonyl (C=O) groups is 2. The van der Waals surface area contributed by atoms with Gasteiger partial charge in [0.1, 0.15) is 11.5 Å². The third-order valence-corrected chi connectivity index (χ3v) is 4.05. The van der Waals surface area contributed by atoms with Gasteiger partial charge in [-0.3, -0.25) is 14.6 Å². The molecule has 0 unspecified atom stereocenters. The molecule has 0 atom stereocenters. The molecule has 2 aromatic rings. The van der Waals surface area contributed by atoms with E-state index in [4.69, 9.17) is 4.42 Å². The van der Waals surface area contributed by atoms with E-state index in [1.54, 1.807) is 23.3 Å². The quantitative estimate of drug-likeness (QED) is 0.807. The second-order valence-corrected chi connectivity index (χ2v) is 5.73. The zero-order chi connectivity index (χ0) is 16.8. The number of nitrogens with zero attached hydrogens (tertiary/aromatic N) is 4. The Morgan fingerprint density at radius 1 is 1.25 bits per heavy atom. The summed E-state index contributed by atoms with van der Waals surface area (Å²) in [4.78, 5) is 36.3. The Bertz CT molecular complexity index is 666. The van der Waals surface area contributed by atoms with Gasteiger partial charge in [-0.1, -0.05) is 0 Å². The summed E-state index contributed by atoms with van der Waals surface area (Å²) in [5.41, 5.74) is 0.262. The standard InChI is InChI=1S/C17H20N4O3/c22-16(20-8-1-2-9-20)5-10-21(13-14-4-3-11-24-14)17(23)15-12-18-6-7-19-15/h3-4,6-7,11-12H,1-2,5,8-10,13H2. The molecule has 0 radical (unpaired) electrons. The maximum absolute atomic E-state index is 12.7. The summed E-state index contributed by atoms with van der Waals surface area (Å²) < 4.78 is 5.33. The van der Waals surface area contributed by atoms with E-state index in [0.29, 0.717) is 25.3 Å². The van der Waals surface area contributed by atoms with Crippen LogP contribution in [0, 0.1) is 0 Å². The summed E-state index contributed by atoms with van der Waals surface area (Å²) in [5, 5.41) is 0. The molecular weight excluding hydrogens is 308 g/mol. The summed E-state index contributed by atoms with van der Waals surface area (Å²) in [6.07, 6.45) is 8.40. The van der Waals surface area contributed by atoms with Crippen molar-refractivity contribution in [2.24, 2.45) is 0 Å². The van der Waals surface area contributed by atoms with Crippen LogP contribution >= 0.6 is 0 Å². The minimum absolute atomic E-state index is 0.0869. The van der Waals surface area contributed by atoms with Gasteiger partial charge in [0.2, 0.25) is 5.91 Å². The number of furan rings is 1. The molecule has 126 valence electrons. The fourth-order valence-corrected chi connectivity index (χ4v) is 2.77. The van der Waals surface area contributed by atoms with E-state index >= 15 is 0 Å². The Hall–Kier alpha value is -2.70. The summed E-state index contributed by atoms with van der Waals surface area (Å²) in [6.45, 7) is 2.26. The van der Waals surface area contributed by atoms with Gasteiger partial charge in [0.25, 0.3) is 5.91 Å². The van der Waals surface area contributed by atoms with Gasteiger partial charge >= 0.3 is 0 Å². The van der Waals surface area contributed by atoms with Crippen LogP contribution in [0.4, 0.5) is 0 Å². The SMILES string of the molecule is O=C(CCN(Cc1ccco1)C(=O)c1cnccn1)N1CCCC1. The van der Waals surface area contributed by atoms with Gasteiger partial charge in [-0.2, -0.15) is 0 Å². The Labute approximate surface area is 140 Å². The highest BCUT2D eigenvalue weighted by molar-refractivity contribution is 5.92. The highest BCUT2D eigenvalue weighted by Crippen LogP contribution is 2.12. The number of rotatable bonds is 6. The lowest BCUT2D eigenvalue weighted by atomic mass is 10.2. The number of hydrogen-bond acceptors (Lipinski definition) is 5. The lowest BCUT2D eigenvalue weighted by molar-refractivity contribution is -0.130. The first kappa shape index (κ1) is 16.2. The van der Waals surface area contributed by atoms with Crippen molar-refractivity contribution in [2.75, 3.05) is 19.6 Å². The van der Waals surface area contributed by atoms with E-state index in [1.165, 1.54) is 18.6 Å². The van der Waals surface area contributed by atoms with Crippen molar-refractivity contribution in [2.45, 2.75) is 25.8 Å². The van der Waals surface area contributed by atoms with Crippen LogP contribution in [0.3, 0.4) is 0 Å². The van der Waals surface area contributed by atoms with Crippen molar-refractivity contribution < 1.29 is 14.0 Å². The summed E-state index contributed by atoms with van der Waals surface area (Å²) in [6, 6.07) is 3.58. The number of hydrogen-bond donors (Lipinski definition) is 0. The zero-order valence-electron chi connectivity index (χ0n) is 13.4.